The maximum absolute atomic E-state index is 13.6. The van der Waals surface area contributed by atoms with Crippen molar-refractivity contribution in [2.75, 3.05) is 13.2 Å². The summed E-state index contributed by atoms with van der Waals surface area (Å²) in [6, 6.07) is 1.89. The van der Waals surface area contributed by atoms with Gasteiger partial charge < -0.3 is 9.15 Å². The molecule has 1 saturated heterocycles. The Bertz CT molecular complexity index is 1060. The molecule has 2 amide bonds. The van der Waals surface area contributed by atoms with Crippen LogP contribution in [0.3, 0.4) is 0 Å². The predicted molar refractivity (Wildman–Crippen MR) is 112 cm³/mol. The van der Waals surface area contributed by atoms with E-state index in [2.05, 4.69) is 0 Å². The molecule has 32 heavy (non-hydrogen) atoms. The molecule has 0 saturated carbocycles. The average Bonchev–Trinajstić information content (AvgIpc) is 3.04. The van der Waals surface area contributed by atoms with E-state index in [9.17, 15) is 27.6 Å². The third-order valence-electron chi connectivity index (χ3n) is 5.51. The fourth-order valence-electron chi connectivity index (χ4n) is 4.02. The third kappa shape index (κ3) is 4.97. The topological polar surface area (TPSA) is 76.8 Å². The van der Waals surface area contributed by atoms with E-state index >= 15 is 0 Å². The number of carbonyl (C=O) groups excluding carboxylic acids is 2. The molecule has 0 radical (unpaired) electrons. The number of hydrogen-bond donors (Lipinski definition) is 0. The molecule has 2 aromatic rings. The van der Waals surface area contributed by atoms with Crippen molar-refractivity contribution in [3.05, 3.63) is 39.2 Å². The second-order valence-corrected chi connectivity index (χ2v) is 7.80. The molecule has 0 unspecified atom stereocenters. The van der Waals surface area contributed by atoms with Gasteiger partial charge in [0.15, 0.2) is 0 Å². The number of imide groups is 1. The van der Waals surface area contributed by atoms with Gasteiger partial charge in [0, 0.05) is 36.4 Å². The number of fused-ring (bicyclic) bond motifs is 1. The molecule has 0 atom stereocenters. The van der Waals surface area contributed by atoms with Crippen molar-refractivity contribution in [1.29, 1.82) is 0 Å². The Kier molecular flexibility index (Phi) is 7.26. The molecule has 6 nitrogen and oxygen atoms in total. The standard InChI is InChI=1S/C23H26F3NO5/c1-3-7-14-12-16-17(23(24,25)26)13-20(30)32-22(16)15(4-2)21(14)31-11-6-5-10-27-18(28)8-9-19(27)29/h12-13H,3-11H2,1-2H3. The number of rotatable bonds is 9. The van der Waals surface area contributed by atoms with Gasteiger partial charge in [-0.3, -0.25) is 14.5 Å². The van der Waals surface area contributed by atoms with E-state index in [0.717, 1.165) is 0 Å². The van der Waals surface area contributed by atoms with Crippen LogP contribution in [-0.4, -0.2) is 29.9 Å². The SMILES string of the molecule is CCCc1cc2c(C(F)(F)F)cc(=O)oc2c(CC)c1OCCCCN1C(=O)CCC1=O. The number of nitrogens with zero attached hydrogens (tertiary/aromatic N) is 1. The number of ether oxygens (including phenoxy) is 1. The van der Waals surface area contributed by atoms with Crippen molar-refractivity contribution in [1.82, 2.24) is 4.90 Å². The number of alkyl halides is 3. The lowest BCUT2D eigenvalue weighted by atomic mass is 9.97. The average molecular weight is 453 g/mol. The van der Waals surface area contributed by atoms with Crippen molar-refractivity contribution >= 4 is 22.8 Å². The number of benzene rings is 1. The maximum Gasteiger partial charge on any atom is 0.417 e. The first-order valence-electron chi connectivity index (χ1n) is 10.8. The molecule has 9 heteroatoms. The molecule has 1 aromatic carbocycles. The highest BCUT2D eigenvalue weighted by Crippen LogP contribution is 2.39. The fraction of sp³-hybridized carbons (Fsp3) is 0.522. The van der Waals surface area contributed by atoms with Gasteiger partial charge in [-0.2, -0.15) is 13.2 Å². The summed E-state index contributed by atoms with van der Waals surface area (Å²) in [6.07, 6.45) is -1.55. The first-order chi connectivity index (χ1) is 15.2. The molecular weight excluding hydrogens is 427 g/mol. The smallest absolute Gasteiger partial charge is 0.417 e. The van der Waals surface area contributed by atoms with Gasteiger partial charge in [-0.25, -0.2) is 4.79 Å². The second-order valence-electron chi connectivity index (χ2n) is 7.80. The zero-order valence-corrected chi connectivity index (χ0v) is 18.1. The van der Waals surface area contributed by atoms with E-state index in [4.69, 9.17) is 9.15 Å². The van der Waals surface area contributed by atoms with Gasteiger partial charge >= 0.3 is 11.8 Å². The Balaban J connectivity index is 1.86. The zero-order valence-electron chi connectivity index (χ0n) is 18.1. The minimum Gasteiger partial charge on any atom is -0.493 e. The number of aryl methyl sites for hydroxylation is 2. The Hall–Kier alpha value is -2.84. The van der Waals surface area contributed by atoms with Gasteiger partial charge in [0.1, 0.15) is 11.3 Å². The molecule has 1 aliphatic rings. The molecule has 174 valence electrons. The summed E-state index contributed by atoms with van der Waals surface area (Å²) >= 11 is 0. The van der Waals surface area contributed by atoms with Gasteiger partial charge in [-0.05, 0) is 37.3 Å². The summed E-state index contributed by atoms with van der Waals surface area (Å²) in [7, 11) is 0. The van der Waals surface area contributed by atoms with Crippen LogP contribution in [-0.2, 0) is 28.6 Å². The molecule has 2 heterocycles. The molecule has 1 aliphatic heterocycles. The van der Waals surface area contributed by atoms with Gasteiger partial charge in [0.2, 0.25) is 11.8 Å². The Morgan fingerprint density at radius 2 is 1.75 bits per heavy atom. The highest BCUT2D eigenvalue weighted by molar-refractivity contribution is 6.01. The highest BCUT2D eigenvalue weighted by atomic mass is 19.4. The van der Waals surface area contributed by atoms with Crippen LogP contribution in [0.4, 0.5) is 13.2 Å². The summed E-state index contributed by atoms with van der Waals surface area (Å²) in [5.74, 6) is 0.108. The second kappa shape index (κ2) is 9.75. The Morgan fingerprint density at radius 1 is 1.06 bits per heavy atom. The van der Waals surface area contributed by atoms with Crippen LogP contribution in [0.15, 0.2) is 21.3 Å². The van der Waals surface area contributed by atoms with Gasteiger partial charge in [0.05, 0.1) is 12.2 Å². The van der Waals surface area contributed by atoms with E-state index in [1.807, 2.05) is 6.92 Å². The molecule has 0 aliphatic carbocycles. The van der Waals surface area contributed by atoms with Crippen LogP contribution in [0.5, 0.6) is 5.75 Å². The Morgan fingerprint density at radius 3 is 2.34 bits per heavy atom. The molecule has 0 bridgehead atoms. The number of carbonyl (C=O) groups is 2. The van der Waals surface area contributed by atoms with E-state index < -0.39 is 17.4 Å². The van der Waals surface area contributed by atoms with Crippen LogP contribution in [0.25, 0.3) is 11.0 Å². The van der Waals surface area contributed by atoms with E-state index in [-0.39, 0.29) is 42.2 Å². The normalized spacial score (nSPS) is 14.6. The van der Waals surface area contributed by atoms with Crippen molar-refractivity contribution in [3.63, 3.8) is 0 Å². The molecular formula is C23H26F3NO5. The van der Waals surface area contributed by atoms with E-state index in [0.29, 0.717) is 61.6 Å². The summed E-state index contributed by atoms with van der Waals surface area (Å²) in [5, 5.41) is -0.143. The first kappa shape index (κ1) is 23.8. The number of unbranched alkanes of at least 4 members (excludes halogenated alkanes) is 1. The number of halogens is 3. The fourth-order valence-corrected chi connectivity index (χ4v) is 4.02. The highest BCUT2D eigenvalue weighted by Gasteiger charge is 2.35. The van der Waals surface area contributed by atoms with Crippen LogP contribution in [0, 0.1) is 0 Å². The van der Waals surface area contributed by atoms with Crippen LogP contribution >= 0.6 is 0 Å². The molecule has 1 fully saturated rings. The predicted octanol–water partition coefficient (Wildman–Crippen LogP) is 4.63. The summed E-state index contributed by atoms with van der Waals surface area (Å²) < 4.78 is 51.8. The lowest BCUT2D eigenvalue weighted by molar-refractivity contribution is -0.138. The zero-order chi connectivity index (χ0) is 23.5. The minimum absolute atomic E-state index is 0.101. The molecule has 3 rings (SSSR count). The van der Waals surface area contributed by atoms with E-state index in [1.54, 1.807) is 6.92 Å². The molecule has 0 spiro atoms. The summed E-state index contributed by atoms with van der Waals surface area (Å²) in [5.41, 5.74) is -1.12. The molecule has 1 aromatic heterocycles. The summed E-state index contributed by atoms with van der Waals surface area (Å²) in [4.78, 5) is 36.5. The maximum atomic E-state index is 13.6. The first-order valence-corrected chi connectivity index (χ1v) is 10.8. The van der Waals surface area contributed by atoms with Crippen LogP contribution < -0.4 is 10.4 Å². The van der Waals surface area contributed by atoms with Crippen LogP contribution in [0.2, 0.25) is 0 Å². The van der Waals surface area contributed by atoms with Gasteiger partial charge in [-0.15, -0.1) is 0 Å². The minimum atomic E-state index is -4.69. The summed E-state index contributed by atoms with van der Waals surface area (Å²) in [6.45, 7) is 4.27. The van der Waals surface area contributed by atoms with Crippen molar-refractivity contribution < 1.29 is 31.9 Å². The van der Waals surface area contributed by atoms with Gasteiger partial charge in [-0.1, -0.05) is 20.3 Å². The quantitative estimate of drug-likeness (QED) is 0.314. The van der Waals surface area contributed by atoms with Crippen molar-refractivity contribution in [2.45, 2.75) is 65.0 Å². The van der Waals surface area contributed by atoms with Crippen molar-refractivity contribution in [2.24, 2.45) is 0 Å². The van der Waals surface area contributed by atoms with Crippen LogP contribution in [0.1, 0.15) is 62.6 Å². The lowest BCUT2D eigenvalue weighted by Gasteiger charge is -2.19. The third-order valence-corrected chi connectivity index (χ3v) is 5.51. The number of hydrogen-bond acceptors (Lipinski definition) is 5. The number of likely N-dealkylation sites (tertiary alicyclic amines) is 1. The largest absolute Gasteiger partial charge is 0.493 e. The number of amides is 2. The van der Waals surface area contributed by atoms with Crippen molar-refractivity contribution in [3.8, 4) is 5.75 Å². The Labute approximate surface area is 183 Å². The van der Waals surface area contributed by atoms with E-state index in [1.165, 1.54) is 11.0 Å². The monoisotopic (exact) mass is 453 g/mol. The molecule has 0 N–H and O–H groups in total. The van der Waals surface area contributed by atoms with Gasteiger partial charge in [0.25, 0.3) is 0 Å². The lowest BCUT2D eigenvalue weighted by Crippen LogP contribution is -2.30.